The number of hydrogen-bond acceptors (Lipinski definition) is 3. The van der Waals surface area contributed by atoms with Crippen molar-refractivity contribution in [1.29, 1.82) is 0 Å². The Balaban J connectivity index is 1.36. The van der Waals surface area contributed by atoms with Crippen molar-refractivity contribution in [3.63, 3.8) is 0 Å². The van der Waals surface area contributed by atoms with Crippen LogP contribution in [0.25, 0.3) is 10.9 Å². The molecule has 0 unspecified atom stereocenters. The van der Waals surface area contributed by atoms with Crippen molar-refractivity contribution in [3.05, 3.63) is 70.6 Å². The molecule has 0 bridgehead atoms. The number of benzene rings is 2. The molecule has 0 aliphatic carbocycles. The van der Waals surface area contributed by atoms with E-state index in [9.17, 15) is 9.18 Å². The fourth-order valence-corrected chi connectivity index (χ4v) is 4.57. The number of nitrogens with zero attached hydrogens (tertiary/aromatic N) is 2. The zero-order chi connectivity index (χ0) is 22.0. The number of amides is 1. The Kier molecular flexibility index (Phi) is 6.15. The molecule has 162 valence electrons. The van der Waals surface area contributed by atoms with Crippen LogP contribution in [-0.2, 0) is 11.3 Å². The monoisotopic (exact) mass is 439 g/mol. The number of aryl methyl sites for hydroxylation is 1. The Morgan fingerprint density at radius 2 is 1.97 bits per heavy atom. The molecule has 1 aliphatic rings. The SMILES string of the molecule is Cc1cc(Cl)ccc1CNC(=O)CC1(C)CCN(c2ccnc3ccc(F)cc23)CC1. The number of aromatic nitrogens is 1. The largest absolute Gasteiger partial charge is 0.371 e. The molecule has 6 heteroatoms. The molecule has 1 aliphatic heterocycles. The summed E-state index contributed by atoms with van der Waals surface area (Å²) in [4.78, 5) is 19.3. The second-order valence-electron chi connectivity index (χ2n) is 8.81. The molecule has 2 aromatic carbocycles. The van der Waals surface area contributed by atoms with Crippen LogP contribution < -0.4 is 10.2 Å². The van der Waals surface area contributed by atoms with Crippen LogP contribution in [-0.4, -0.2) is 24.0 Å². The molecule has 2 heterocycles. The molecular formula is C25H27ClFN3O. The van der Waals surface area contributed by atoms with Crippen molar-refractivity contribution in [2.45, 2.75) is 39.7 Å². The van der Waals surface area contributed by atoms with Crippen molar-refractivity contribution >= 4 is 34.1 Å². The van der Waals surface area contributed by atoms with Gasteiger partial charge in [0.05, 0.1) is 5.52 Å². The van der Waals surface area contributed by atoms with Gasteiger partial charge in [-0.05, 0) is 72.7 Å². The third-order valence-electron chi connectivity index (χ3n) is 6.36. The second kappa shape index (κ2) is 8.83. The van der Waals surface area contributed by atoms with Crippen LogP contribution in [0.1, 0.15) is 37.3 Å². The van der Waals surface area contributed by atoms with Gasteiger partial charge in [0.25, 0.3) is 0 Å². The lowest BCUT2D eigenvalue weighted by molar-refractivity contribution is -0.123. The highest BCUT2D eigenvalue weighted by Gasteiger charge is 2.32. The maximum atomic E-state index is 13.8. The van der Waals surface area contributed by atoms with E-state index in [0.29, 0.717) is 18.0 Å². The first-order chi connectivity index (χ1) is 14.8. The number of hydrogen-bond donors (Lipinski definition) is 1. The predicted octanol–water partition coefficient (Wildman–Crippen LogP) is 5.65. The minimum absolute atomic E-state index is 0.0519. The number of carbonyl (C=O) groups is 1. The molecule has 0 radical (unpaired) electrons. The molecule has 1 N–H and O–H groups in total. The summed E-state index contributed by atoms with van der Waals surface area (Å²) >= 11 is 6.01. The van der Waals surface area contributed by atoms with Crippen LogP contribution in [0.4, 0.5) is 10.1 Å². The summed E-state index contributed by atoms with van der Waals surface area (Å²) in [6, 6.07) is 12.4. The summed E-state index contributed by atoms with van der Waals surface area (Å²) in [6.07, 6.45) is 4.08. The van der Waals surface area contributed by atoms with E-state index in [0.717, 1.165) is 53.6 Å². The summed E-state index contributed by atoms with van der Waals surface area (Å²) in [5.41, 5.74) is 3.91. The molecule has 4 rings (SSSR count). The minimum atomic E-state index is -0.254. The Hall–Kier alpha value is -2.66. The average molecular weight is 440 g/mol. The van der Waals surface area contributed by atoms with Crippen LogP contribution in [0, 0.1) is 18.2 Å². The third kappa shape index (κ3) is 4.99. The number of pyridine rings is 1. The summed E-state index contributed by atoms with van der Waals surface area (Å²) in [5, 5.41) is 4.60. The summed E-state index contributed by atoms with van der Waals surface area (Å²) < 4.78 is 13.8. The van der Waals surface area contributed by atoms with Crippen LogP contribution >= 0.6 is 11.6 Å². The Bertz CT molecular complexity index is 1110. The van der Waals surface area contributed by atoms with E-state index < -0.39 is 0 Å². The van der Waals surface area contributed by atoms with Gasteiger partial charge >= 0.3 is 0 Å². The first kappa shape index (κ1) is 21.6. The van der Waals surface area contributed by atoms with E-state index >= 15 is 0 Å². The zero-order valence-corrected chi connectivity index (χ0v) is 18.7. The van der Waals surface area contributed by atoms with Crippen molar-refractivity contribution in [3.8, 4) is 0 Å². The molecule has 1 saturated heterocycles. The van der Waals surface area contributed by atoms with Gasteiger partial charge in [0.2, 0.25) is 5.91 Å². The van der Waals surface area contributed by atoms with Crippen molar-refractivity contribution < 1.29 is 9.18 Å². The van der Waals surface area contributed by atoms with Gasteiger partial charge in [-0.25, -0.2) is 4.39 Å². The van der Waals surface area contributed by atoms with Gasteiger partial charge in [0.1, 0.15) is 5.82 Å². The fraction of sp³-hybridized carbons (Fsp3) is 0.360. The number of halogens is 2. The summed E-state index contributed by atoms with van der Waals surface area (Å²) in [5.74, 6) is -0.182. The van der Waals surface area contributed by atoms with Gasteiger partial charge in [-0.2, -0.15) is 0 Å². The van der Waals surface area contributed by atoms with Gasteiger partial charge in [-0.3, -0.25) is 9.78 Å². The Morgan fingerprint density at radius 3 is 2.71 bits per heavy atom. The van der Waals surface area contributed by atoms with Crippen LogP contribution in [0.5, 0.6) is 0 Å². The second-order valence-corrected chi connectivity index (χ2v) is 9.25. The lowest BCUT2D eigenvalue weighted by atomic mass is 9.77. The molecule has 1 aromatic heterocycles. The van der Waals surface area contributed by atoms with E-state index in [1.165, 1.54) is 6.07 Å². The average Bonchev–Trinajstić information content (AvgIpc) is 2.73. The highest BCUT2D eigenvalue weighted by molar-refractivity contribution is 6.30. The topological polar surface area (TPSA) is 45.2 Å². The number of rotatable bonds is 5. The molecule has 0 spiro atoms. The van der Waals surface area contributed by atoms with Gasteiger partial charge < -0.3 is 10.2 Å². The Morgan fingerprint density at radius 1 is 1.19 bits per heavy atom. The van der Waals surface area contributed by atoms with Crippen LogP contribution in [0.2, 0.25) is 5.02 Å². The van der Waals surface area contributed by atoms with E-state index in [1.54, 1.807) is 18.3 Å². The quantitative estimate of drug-likeness (QED) is 0.558. The number of nitrogens with one attached hydrogen (secondary N) is 1. The molecule has 1 amide bonds. The van der Waals surface area contributed by atoms with Crippen LogP contribution in [0.15, 0.2) is 48.7 Å². The molecule has 1 fully saturated rings. The van der Waals surface area contributed by atoms with E-state index in [4.69, 9.17) is 11.6 Å². The predicted molar refractivity (Wildman–Crippen MR) is 124 cm³/mol. The highest BCUT2D eigenvalue weighted by atomic mass is 35.5. The van der Waals surface area contributed by atoms with Crippen molar-refractivity contribution in [1.82, 2.24) is 10.3 Å². The van der Waals surface area contributed by atoms with Crippen molar-refractivity contribution in [2.24, 2.45) is 5.41 Å². The molecule has 3 aromatic rings. The molecule has 0 saturated carbocycles. The molecule has 4 nitrogen and oxygen atoms in total. The van der Waals surface area contributed by atoms with E-state index in [2.05, 4.69) is 22.1 Å². The lowest BCUT2D eigenvalue weighted by Crippen LogP contribution is -2.41. The normalized spacial score (nSPS) is 15.8. The lowest BCUT2D eigenvalue weighted by Gasteiger charge is -2.40. The molecular weight excluding hydrogens is 413 g/mol. The van der Waals surface area contributed by atoms with Gasteiger partial charge in [-0.1, -0.05) is 24.6 Å². The molecule has 0 atom stereocenters. The van der Waals surface area contributed by atoms with E-state index in [-0.39, 0.29) is 17.1 Å². The summed E-state index contributed by atoms with van der Waals surface area (Å²) in [7, 11) is 0. The highest BCUT2D eigenvalue weighted by Crippen LogP contribution is 2.37. The maximum absolute atomic E-state index is 13.8. The fourth-order valence-electron chi connectivity index (χ4n) is 4.35. The van der Waals surface area contributed by atoms with Gasteiger partial charge in [-0.15, -0.1) is 0 Å². The number of carbonyl (C=O) groups excluding carboxylic acids is 1. The summed E-state index contributed by atoms with van der Waals surface area (Å²) in [6.45, 7) is 6.35. The molecule has 31 heavy (non-hydrogen) atoms. The first-order valence-electron chi connectivity index (χ1n) is 10.6. The number of piperidine rings is 1. The smallest absolute Gasteiger partial charge is 0.220 e. The van der Waals surface area contributed by atoms with Gasteiger partial charge in [0.15, 0.2) is 0 Å². The zero-order valence-electron chi connectivity index (χ0n) is 17.9. The standard InChI is InChI=1S/C25H27ClFN3O/c1-17-13-19(26)4-3-18(17)16-29-24(31)15-25(2)8-11-30(12-9-25)23-7-10-28-22-6-5-20(27)14-21(22)23/h3-7,10,13-14H,8-9,11-12,15-16H2,1-2H3,(H,29,31). The number of anilines is 1. The van der Waals surface area contributed by atoms with Crippen molar-refractivity contribution in [2.75, 3.05) is 18.0 Å². The minimum Gasteiger partial charge on any atom is -0.371 e. The Labute approximate surface area is 187 Å². The van der Waals surface area contributed by atoms with Crippen LogP contribution in [0.3, 0.4) is 0 Å². The van der Waals surface area contributed by atoms with Gasteiger partial charge in [0, 0.05) is 48.3 Å². The van der Waals surface area contributed by atoms with E-state index in [1.807, 2.05) is 31.2 Å². The number of fused-ring (bicyclic) bond motifs is 1. The first-order valence-corrected chi connectivity index (χ1v) is 11.0. The maximum Gasteiger partial charge on any atom is 0.220 e. The third-order valence-corrected chi connectivity index (χ3v) is 6.59.